The van der Waals surface area contributed by atoms with E-state index in [1.54, 1.807) is 0 Å². The highest BCUT2D eigenvalue weighted by atomic mass is 32.2. The number of nitrogens with two attached hydrogens (primary N) is 1. The first kappa shape index (κ1) is 13.1. The van der Waals surface area contributed by atoms with E-state index < -0.39 is 10.0 Å². The molecule has 100 valence electrons. The molecule has 4 N–H and O–H groups in total. The molecule has 0 unspecified atom stereocenters. The number of rotatable bonds is 4. The second kappa shape index (κ2) is 5.11. The molecule has 18 heavy (non-hydrogen) atoms. The summed E-state index contributed by atoms with van der Waals surface area (Å²) in [5, 5.41) is 7.76. The number of carbonyl (C=O) groups is 1. The number of sulfonamides is 1. The molecule has 0 spiro atoms. The zero-order chi connectivity index (χ0) is 13.2. The summed E-state index contributed by atoms with van der Waals surface area (Å²) < 4.78 is 22.1. The lowest BCUT2D eigenvalue weighted by Gasteiger charge is -2.09. The van der Waals surface area contributed by atoms with Crippen LogP contribution in [0, 0.1) is 5.92 Å². The molecule has 1 aliphatic rings. The molecule has 1 fully saturated rings. The fourth-order valence-corrected chi connectivity index (χ4v) is 2.72. The number of H-pyrrole nitrogens is 1. The molecule has 1 saturated carbocycles. The van der Waals surface area contributed by atoms with Gasteiger partial charge < -0.3 is 10.3 Å². The SMILES string of the molecule is NS(=O)(=O)c1c[nH]c(C(=O)NCC2CCCC2)c1. The first-order chi connectivity index (χ1) is 8.47. The fourth-order valence-electron chi connectivity index (χ4n) is 2.22. The lowest BCUT2D eigenvalue weighted by Crippen LogP contribution is -2.28. The van der Waals surface area contributed by atoms with Gasteiger partial charge in [0.2, 0.25) is 10.0 Å². The highest BCUT2D eigenvalue weighted by molar-refractivity contribution is 7.89. The average Bonchev–Trinajstić information content (AvgIpc) is 2.96. The molecular formula is C11H17N3O3S. The zero-order valence-corrected chi connectivity index (χ0v) is 10.8. The van der Waals surface area contributed by atoms with Gasteiger partial charge in [-0.25, -0.2) is 13.6 Å². The van der Waals surface area contributed by atoms with Crippen LogP contribution in [-0.2, 0) is 10.0 Å². The van der Waals surface area contributed by atoms with Crippen molar-refractivity contribution in [3.63, 3.8) is 0 Å². The van der Waals surface area contributed by atoms with Gasteiger partial charge >= 0.3 is 0 Å². The number of aromatic amines is 1. The van der Waals surface area contributed by atoms with Crippen molar-refractivity contribution in [2.75, 3.05) is 6.54 Å². The summed E-state index contributed by atoms with van der Waals surface area (Å²) in [5.41, 5.74) is 0.219. The van der Waals surface area contributed by atoms with Crippen LogP contribution in [-0.4, -0.2) is 25.9 Å². The van der Waals surface area contributed by atoms with E-state index in [0.29, 0.717) is 12.5 Å². The minimum absolute atomic E-state index is 0.0754. The highest BCUT2D eigenvalue weighted by Gasteiger charge is 2.18. The number of hydrogen-bond acceptors (Lipinski definition) is 3. The summed E-state index contributed by atoms with van der Waals surface area (Å²) >= 11 is 0. The van der Waals surface area contributed by atoms with Crippen molar-refractivity contribution in [2.24, 2.45) is 11.1 Å². The first-order valence-electron chi connectivity index (χ1n) is 5.96. The summed E-state index contributed by atoms with van der Waals surface area (Å²) in [6.07, 6.45) is 5.96. The highest BCUT2D eigenvalue weighted by Crippen LogP contribution is 2.23. The molecule has 1 heterocycles. The summed E-state index contributed by atoms with van der Waals surface area (Å²) in [5.74, 6) is 0.249. The standard InChI is InChI=1S/C11H17N3O3S/c12-18(16,17)9-5-10(13-7-9)11(15)14-6-8-3-1-2-4-8/h5,7-8,13H,1-4,6H2,(H,14,15)(H2,12,16,17). The molecule has 0 bridgehead atoms. The molecule has 1 amide bonds. The monoisotopic (exact) mass is 271 g/mol. The summed E-state index contributed by atoms with van der Waals surface area (Å²) in [6.45, 7) is 0.641. The van der Waals surface area contributed by atoms with Crippen LogP contribution in [0.2, 0.25) is 0 Å². The van der Waals surface area contributed by atoms with Gasteiger partial charge in [0.05, 0.1) is 4.90 Å². The molecule has 0 atom stereocenters. The number of primary sulfonamides is 1. The zero-order valence-electron chi connectivity index (χ0n) is 9.98. The fraction of sp³-hybridized carbons (Fsp3) is 0.545. The Labute approximate surface area is 106 Å². The Morgan fingerprint density at radius 3 is 2.67 bits per heavy atom. The Morgan fingerprint density at radius 2 is 2.11 bits per heavy atom. The minimum Gasteiger partial charge on any atom is -0.356 e. The molecule has 2 rings (SSSR count). The number of hydrogen-bond donors (Lipinski definition) is 3. The van der Waals surface area contributed by atoms with E-state index in [-0.39, 0.29) is 16.5 Å². The van der Waals surface area contributed by atoms with Crippen LogP contribution in [0.3, 0.4) is 0 Å². The normalized spacial score (nSPS) is 16.9. The van der Waals surface area contributed by atoms with Crippen LogP contribution in [0.25, 0.3) is 0 Å². The van der Waals surface area contributed by atoms with Crippen LogP contribution < -0.4 is 10.5 Å². The van der Waals surface area contributed by atoms with Crippen molar-refractivity contribution >= 4 is 15.9 Å². The second-order valence-electron chi connectivity index (χ2n) is 4.65. The second-order valence-corrected chi connectivity index (χ2v) is 6.22. The Kier molecular flexibility index (Phi) is 3.72. The molecule has 6 nitrogen and oxygen atoms in total. The van der Waals surface area contributed by atoms with Crippen molar-refractivity contribution in [1.82, 2.24) is 10.3 Å². The maximum atomic E-state index is 11.8. The molecule has 1 aliphatic carbocycles. The van der Waals surface area contributed by atoms with Crippen molar-refractivity contribution in [3.05, 3.63) is 18.0 Å². The summed E-state index contributed by atoms with van der Waals surface area (Å²) in [7, 11) is -3.76. The van der Waals surface area contributed by atoms with Crippen LogP contribution in [0.15, 0.2) is 17.2 Å². The van der Waals surface area contributed by atoms with Crippen LogP contribution in [0.5, 0.6) is 0 Å². The Hall–Kier alpha value is -1.34. The third kappa shape index (κ3) is 3.11. The van der Waals surface area contributed by atoms with E-state index in [0.717, 1.165) is 12.8 Å². The average molecular weight is 271 g/mol. The van der Waals surface area contributed by atoms with E-state index >= 15 is 0 Å². The van der Waals surface area contributed by atoms with Gasteiger partial charge in [0.15, 0.2) is 0 Å². The largest absolute Gasteiger partial charge is 0.356 e. The van der Waals surface area contributed by atoms with Gasteiger partial charge in [0.25, 0.3) is 5.91 Å². The molecule has 0 saturated heterocycles. The number of carbonyl (C=O) groups excluding carboxylic acids is 1. The smallest absolute Gasteiger partial charge is 0.267 e. The van der Waals surface area contributed by atoms with Crippen LogP contribution in [0.1, 0.15) is 36.2 Å². The molecule has 0 radical (unpaired) electrons. The van der Waals surface area contributed by atoms with E-state index in [2.05, 4.69) is 10.3 Å². The summed E-state index contributed by atoms with van der Waals surface area (Å²) in [6, 6.07) is 1.25. The number of amides is 1. The molecule has 0 aromatic carbocycles. The van der Waals surface area contributed by atoms with E-state index in [4.69, 9.17) is 5.14 Å². The van der Waals surface area contributed by atoms with Gasteiger partial charge in [-0.1, -0.05) is 12.8 Å². The Bertz CT molecular complexity index is 529. The lowest BCUT2D eigenvalue weighted by molar-refractivity contribution is 0.0943. The van der Waals surface area contributed by atoms with Gasteiger partial charge in [-0.2, -0.15) is 0 Å². The van der Waals surface area contributed by atoms with Gasteiger partial charge in [0, 0.05) is 12.7 Å². The number of aromatic nitrogens is 1. The quantitative estimate of drug-likeness (QED) is 0.746. The number of nitrogens with one attached hydrogen (secondary N) is 2. The van der Waals surface area contributed by atoms with Gasteiger partial charge in [-0.3, -0.25) is 4.79 Å². The van der Waals surface area contributed by atoms with Crippen LogP contribution >= 0.6 is 0 Å². The van der Waals surface area contributed by atoms with E-state index in [9.17, 15) is 13.2 Å². The first-order valence-corrected chi connectivity index (χ1v) is 7.51. The minimum atomic E-state index is -3.76. The van der Waals surface area contributed by atoms with Gasteiger partial charge in [-0.05, 0) is 24.8 Å². The van der Waals surface area contributed by atoms with Crippen molar-refractivity contribution in [1.29, 1.82) is 0 Å². The molecule has 7 heteroatoms. The van der Waals surface area contributed by atoms with Crippen molar-refractivity contribution in [2.45, 2.75) is 30.6 Å². The van der Waals surface area contributed by atoms with Crippen molar-refractivity contribution in [3.8, 4) is 0 Å². The third-order valence-corrected chi connectivity index (χ3v) is 4.15. The molecule has 1 aromatic rings. The predicted molar refractivity (Wildman–Crippen MR) is 66.5 cm³/mol. The predicted octanol–water partition coefficient (Wildman–Crippen LogP) is 0.582. The van der Waals surface area contributed by atoms with Gasteiger partial charge in [-0.15, -0.1) is 0 Å². The van der Waals surface area contributed by atoms with Gasteiger partial charge in [0.1, 0.15) is 5.69 Å². The maximum absolute atomic E-state index is 11.8. The lowest BCUT2D eigenvalue weighted by atomic mass is 10.1. The maximum Gasteiger partial charge on any atom is 0.267 e. The van der Waals surface area contributed by atoms with Crippen molar-refractivity contribution < 1.29 is 13.2 Å². The third-order valence-electron chi connectivity index (χ3n) is 3.26. The van der Waals surface area contributed by atoms with E-state index in [1.807, 2.05) is 0 Å². The topological polar surface area (TPSA) is 105 Å². The van der Waals surface area contributed by atoms with Crippen LogP contribution in [0.4, 0.5) is 0 Å². The molecule has 0 aliphatic heterocycles. The molecular weight excluding hydrogens is 254 g/mol. The molecule has 1 aromatic heterocycles. The van der Waals surface area contributed by atoms with E-state index in [1.165, 1.54) is 25.1 Å². The summed E-state index contributed by atoms with van der Waals surface area (Å²) in [4.78, 5) is 14.3. The Morgan fingerprint density at radius 1 is 1.44 bits per heavy atom. The Balaban J connectivity index is 1.94.